The molecule has 0 radical (unpaired) electrons. The molecule has 158 valence electrons. The molecule has 0 aromatic heterocycles. The van der Waals surface area contributed by atoms with Crippen LogP contribution in [0.25, 0.3) is 0 Å². The molecule has 2 aromatic carbocycles. The van der Waals surface area contributed by atoms with Crippen LogP contribution in [0.1, 0.15) is 102 Å². The van der Waals surface area contributed by atoms with Gasteiger partial charge in [-0.3, -0.25) is 0 Å². The number of rotatable bonds is 15. The van der Waals surface area contributed by atoms with Gasteiger partial charge in [-0.25, -0.2) is 0 Å². The van der Waals surface area contributed by atoms with Crippen molar-refractivity contribution >= 4 is 5.71 Å². The summed E-state index contributed by atoms with van der Waals surface area (Å²) in [6, 6.07) is 21.1. The Morgan fingerprint density at radius 3 is 1.66 bits per heavy atom. The lowest BCUT2D eigenvalue weighted by Gasteiger charge is -2.35. The summed E-state index contributed by atoms with van der Waals surface area (Å²) in [6.45, 7) is 4.53. The third kappa shape index (κ3) is 7.14. The number of hydrogen-bond donors (Lipinski definition) is 1. The Morgan fingerprint density at radius 1 is 0.655 bits per heavy atom. The lowest BCUT2D eigenvalue weighted by Crippen LogP contribution is -2.35. The van der Waals surface area contributed by atoms with Crippen molar-refractivity contribution in [2.75, 3.05) is 0 Å². The van der Waals surface area contributed by atoms with Crippen molar-refractivity contribution in [3.8, 4) is 0 Å². The second kappa shape index (κ2) is 13.4. The van der Waals surface area contributed by atoms with Gasteiger partial charge in [0, 0.05) is 11.1 Å². The largest absolute Gasteiger partial charge is 0.304 e. The summed E-state index contributed by atoms with van der Waals surface area (Å²) in [5.41, 5.74) is 2.96. The minimum atomic E-state index is -0.178. The molecule has 0 heterocycles. The molecule has 0 bridgehead atoms. The topological polar surface area (TPSA) is 23.9 Å². The summed E-state index contributed by atoms with van der Waals surface area (Å²) in [5, 5.41) is 9.10. The Kier molecular flexibility index (Phi) is 10.8. The van der Waals surface area contributed by atoms with Crippen LogP contribution >= 0.6 is 0 Å². The maximum absolute atomic E-state index is 9.10. The first-order valence-corrected chi connectivity index (χ1v) is 11.9. The quantitative estimate of drug-likeness (QED) is 0.232. The molecular formula is C28H41N. The number of nitrogens with one attached hydrogen (secondary N) is 1. The molecule has 1 atom stereocenters. The van der Waals surface area contributed by atoms with Crippen LogP contribution in [0.15, 0.2) is 60.7 Å². The molecule has 29 heavy (non-hydrogen) atoms. The van der Waals surface area contributed by atoms with Gasteiger partial charge in [-0.15, -0.1) is 0 Å². The fourth-order valence-corrected chi connectivity index (χ4v) is 4.52. The molecule has 0 saturated heterocycles. The van der Waals surface area contributed by atoms with Gasteiger partial charge in [-0.1, -0.05) is 139 Å². The van der Waals surface area contributed by atoms with Crippen molar-refractivity contribution in [1.82, 2.24) is 0 Å². The van der Waals surface area contributed by atoms with Gasteiger partial charge in [-0.2, -0.15) is 0 Å². The molecule has 0 aliphatic heterocycles. The van der Waals surface area contributed by atoms with Crippen molar-refractivity contribution in [1.29, 1.82) is 5.41 Å². The first-order chi connectivity index (χ1) is 14.2. The Labute approximate surface area is 179 Å². The van der Waals surface area contributed by atoms with Crippen LogP contribution in [-0.2, 0) is 5.41 Å². The lowest BCUT2D eigenvalue weighted by molar-refractivity contribution is 0.462. The van der Waals surface area contributed by atoms with Crippen molar-refractivity contribution in [3.05, 3.63) is 71.8 Å². The second-order valence-corrected chi connectivity index (χ2v) is 8.47. The van der Waals surface area contributed by atoms with Crippen LogP contribution in [-0.4, -0.2) is 5.71 Å². The SMILES string of the molecule is CCCCCCCCCCCCC(CC)(C(=N)c1ccccc1)c1ccccc1. The molecule has 0 spiro atoms. The van der Waals surface area contributed by atoms with Crippen LogP contribution < -0.4 is 0 Å². The van der Waals surface area contributed by atoms with Gasteiger partial charge < -0.3 is 5.41 Å². The maximum atomic E-state index is 9.10. The van der Waals surface area contributed by atoms with Crippen LogP contribution in [0.5, 0.6) is 0 Å². The minimum Gasteiger partial charge on any atom is -0.304 e. The van der Waals surface area contributed by atoms with Gasteiger partial charge in [-0.05, 0) is 24.0 Å². The van der Waals surface area contributed by atoms with Crippen molar-refractivity contribution in [2.24, 2.45) is 0 Å². The predicted molar refractivity (Wildman–Crippen MR) is 128 cm³/mol. The van der Waals surface area contributed by atoms with Gasteiger partial charge in [0.15, 0.2) is 0 Å². The van der Waals surface area contributed by atoms with Gasteiger partial charge in [0.25, 0.3) is 0 Å². The van der Waals surface area contributed by atoms with Crippen molar-refractivity contribution in [2.45, 2.75) is 96.3 Å². The monoisotopic (exact) mass is 391 g/mol. The van der Waals surface area contributed by atoms with Crippen LogP contribution in [0, 0.1) is 5.41 Å². The summed E-state index contributed by atoms with van der Waals surface area (Å²) in [5.74, 6) is 0. The molecule has 0 fully saturated rings. The van der Waals surface area contributed by atoms with Crippen LogP contribution in [0.3, 0.4) is 0 Å². The van der Waals surface area contributed by atoms with Gasteiger partial charge >= 0.3 is 0 Å². The summed E-state index contributed by atoms with van der Waals surface area (Å²) < 4.78 is 0. The highest BCUT2D eigenvalue weighted by Gasteiger charge is 2.35. The molecule has 1 nitrogen and oxygen atoms in total. The van der Waals surface area contributed by atoms with Crippen LogP contribution in [0.4, 0.5) is 0 Å². The molecular weight excluding hydrogens is 350 g/mol. The van der Waals surface area contributed by atoms with E-state index >= 15 is 0 Å². The third-order valence-corrected chi connectivity index (χ3v) is 6.43. The highest BCUT2D eigenvalue weighted by molar-refractivity contribution is 6.06. The van der Waals surface area contributed by atoms with E-state index in [2.05, 4.69) is 68.4 Å². The summed E-state index contributed by atoms with van der Waals surface area (Å²) in [7, 11) is 0. The average Bonchev–Trinajstić information content (AvgIpc) is 2.79. The lowest BCUT2D eigenvalue weighted by atomic mass is 9.68. The van der Waals surface area contributed by atoms with Gasteiger partial charge in [0.05, 0.1) is 0 Å². The van der Waals surface area contributed by atoms with Crippen LogP contribution in [0.2, 0.25) is 0 Å². The fraction of sp³-hybridized carbons (Fsp3) is 0.536. The van der Waals surface area contributed by atoms with E-state index in [0.717, 1.165) is 24.1 Å². The second-order valence-electron chi connectivity index (χ2n) is 8.47. The molecule has 2 aromatic rings. The number of benzene rings is 2. The first-order valence-electron chi connectivity index (χ1n) is 11.9. The standard InChI is InChI=1S/C28H41N/c1-3-5-6-7-8-9-10-11-12-19-24-28(4-2,26-22-17-14-18-23-26)27(29)25-20-15-13-16-21-25/h13-18,20-23,29H,3-12,19,24H2,1-2H3. The molecule has 2 rings (SSSR count). The zero-order chi connectivity index (χ0) is 20.8. The smallest absolute Gasteiger partial charge is 0.0491 e. The zero-order valence-corrected chi connectivity index (χ0v) is 18.8. The molecule has 0 amide bonds. The van der Waals surface area contributed by atoms with Gasteiger partial charge in [0.2, 0.25) is 0 Å². The highest BCUT2D eigenvalue weighted by Crippen LogP contribution is 2.37. The molecule has 1 unspecified atom stereocenters. The molecule has 0 aliphatic carbocycles. The summed E-state index contributed by atoms with van der Waals surface area (Å²) >= 11 is 0. The highest BCUT2D eigenvalue weighted by atomic mass is 14.5. The van der Waals surface area contributed by atoms with E-state index in [0.29, 0.717) is 0 Å². The fourth-order valence-electron chi connectivity index (χ4n) is 4.52. The Balaban J connectivity index is 1.92. The zero-order valence-electron chi connectivity index (χ0n) is 18.8. The molecule has 0 saturated carbocycles. The maximum Gasteiger partial charge on any atom is 0.0491 e. The van der Waals surface area contributed by atoms with Crippen molar-refractivity contribution < 1.29 is 0 Å². The first kappa shape index (κ1) is 23.4. The van der Waals surface area contributed by atoms with E-state index < -0.39 is 0 Å². The van der Waals surface area contributed by atoms with E-state index in [1.54, 1.807) is 0 Å². The average molecular weight is 392 g/mol. The van der Waals surface area contributed by atoms with E-state index in [1.165, 1.54) is 69.8 Å². The molecule has 1 N–H and O–H groups in total. The Morgan fingerprint density at radius 2 is 1.14 bits per heavy atom. The number of hydrogen-bond acceptors (Lipinski definition) is 1. The molecule has 0 aliphatic rings. The third-order valence-electron chi connectivity index (χ3n) is 6.43. The molecule has 1 heteroatoms. The summed E-state index contributed by atoms with van der Waals surface area (Å²) in [4.78, 5) is 0. The van der Waals surface area contributed by atoms with Gasteiger partial charge in [0.1, 0.15) is 0 Å². The minimum absolute atomic E-state index is 0.178. The Hall–Kier alpha value is -1.89. The van der Waals surface area contributed by atoms with E-state index in [-0.39, 0.29) is 5.41 Å². The predicted octanol–water partition coefficient (Wildman–Crippen LogP) is 8.71. The van der Waals surface area contributed by atoms with Crippen molar-refractivity contribution in [3.63, 3.8) is 0 Å². The summed E-state index contributed by atoms with van der Waals surface area (Å²) in [6.07, 6.45) is 15.6. The Bertz CT molecular complexity index is 676. The van der Waals surface area contributed by atoms with E-state index in [9.17, 15) is 0 Å². The number of unbranched alkanes of at least 4 members (excludes halogenated alkanes) is 9. The normalized spacial score (nSPS) is 13.2. The van der Waals surface area contributed by atoms with E-state index in [4.69, 9.17) is 5.41 Å². The van der Waals surface area contributed by atoms with E-state index in [1.807, 2.05) is 6.07 Å².